The summed E-state index contributed by atoms with van der Waals surface area (Å²) in [6.07, 6.45) is 1.64. The van der Waals surface area contributed by atoms with E-state index in [0.29, 0.717) is 18.9 Å². The minimum absolute atomic E-state index is 0.256. The molecule has 0 aromatic heterocycles. The van der Waals surface area contributed by atoms with Gasteiger partial charge in [-0.1, -0.05) is 13.3 Å². The van der Waals surface area contributed by atoms with E-state index in [9.17, 15) is 8.42 Å². The molecule has 0 rings (SSSR count). The van der Waals surface area contributed by atoms with Crippen molar-refractivity contribution < 1.29 is 8.42 Å². The number of nitrogens with two attached hydrogens (primary N) is 1. The second kappa shape index (κ2) is 5.12. The number of hydrogen-bond donors (Lipinski definition) is 1. The maximum Gasteiger partial charge on any atom is 0.155 e. The van der Waals surface area contributed by atoms with Gasteiger partial charge in [-0.15, -0.1) is 0 Å². The van der Waals surface area contributed by atoms with Gasteiger partial charge in [0.15, 0.2) is 9.84 Å². The van der Waals surface area contributed by atoms with E-state index < -0.39 is 14.6 Å². The molecule has 0 heterocycles. The van der Waals surface area contributed by atoms with E-state index in [1.54, 1.807) is 20.8 Å². The molecular formula is C10H23NO2S. The summed E-state index contributed by atoms with van der Waals surface area (Å²) in [5, 5.41) is 0. The zero-order valence-corrected chi connectivity index (χ0v) is 10.5. The maximum absolute atomic E-state index is 11.7. The molecule has 0 amide bonds. The Labute approximate surface area is 88.0 Å². The molecule has 1 unspecified atom stereocenters. The van der Waals surface area contributed by atoms with Crippen LogP contribution in [0.3, 0.4) is 0 Å². The van der Waals surface area contributed by atoms with Gasteiger partial charge in [0.1, 0.15) is 0 Å². The van der Waals surface area contributed by atoms with Crippen molar-refractivity contribution in [2.24, 2.45) is 11.7 Å². The van der Waals surface area contributed by atoms with Gasteiger partial charge in [0.2, 0.25) is 0 Å². The maximum atomic E-state index is 11.7. The van der Waals surface area contributed by atoms with Crippen molar-refractivity contribution in [3.63, 3.8) is 0 Å². The smallest absolute Gasteiger partial charge is 0.155 e. The van der Waals surface area contributed by atoms with Gasteiger partial charge in [0.25, 0.3) is 0 Å². The predicted octanol–water partition coefficient (Wildman–Crippen LogP) is 1.57. The SMILES string of the molecule is CCC(CN)CCS(=O)(=O)C(C)(C)C. The van der Waals surface area contributed by atoms with E-state index >= 15 is 0 Å². The van der Waals surface area contributed by atoms with Crippen molar-refractivity contribution in [2.45, 2.75) is 45.3 Å². The van der Waals surface area contributed by atoms with Crippen LogP contribution in [-0.4, -0.2) is 25.5 Å². The van der Waals surface area contributed by atoms with Gasteiger partial charge in [0.05, 0.1) is 10.5 Å². The van der Waals surface area contributed by atoms with Gasteiger partial charge >= 0.3 is 0 Å². The van der Waals surface area contributed by atoms with E-state index in [1.165, 1.54) is 0 Å². The molecule has 14 heavy (non-hydrogen) atoms. The molecule has 4 heteroatoms. The molecule has 0 fully saturated rings. The Hall–Kier alpha value is -0.0900. The van der Waals surface area contributed by atoms with Crippen molar-refractivity contribution in [2.75, 3.05) is 12.3 Å². The topological polar surface area (TPSA) is 60.2 Å². The van der Waals surface area contributed by atoms with Crippen LogP contribution in [-0.2, 0) is 9.84 Å². The van der Waals surface area contributed by atoms with Crippen LogP contribution < -0.4 is 5.73 Å². The summed E-state index contributed by atoms with van der Waals surface area (Å²) in [5.41, 5.74) is 5.53. The quantitative estimate of drug-likeness (QED) is 0.766. The Balaban J connectivity index is 4.27. The first kappa shape index (κ1) is 13.9. The molecule has 0 aromatic rings. The summed E-state index contributed by atoms with van der Waals surface area (Å²) in [6.45, 7) is 7.85. The molecule has 0 spiro atoms. The van der Waals surface area contributed by atoms with Crippen molar-refractivity contribution in [1.29, 1.82) is 0 Å². The van der Waals surface area contributed by atoms with Crippen LogP contribution >= 0.6 is 0 Å². The molecule has 2 N–H and O–H groups in total. The van der Waals surface area contributed by atoms with Crippen molar-refractivity contribution in [3.8, 4) is 0 Å². The van der Waals surface area contributed by atoms with E-state index in [1.807, 2.05) is 6.92 Å². The molecule has 0 aromatic carbocycles. The van der Waals surface area contributed by atoms with Crippen molar-refractivity contribution in [3.05, 3.63) is 0 Å². The fourth-order valence-corrected chi connectivity index (χ4v) is 2.37. The summed E-state index contributed by atoms with van der Waals surface area (Å²) < 4.78 is 22.9. The highest BCUT2D eigenvalue weighted by atomic mass is 32.2. The van der Waals surface area contributed by atoms with Gasteiger partial charge in [0, 0.05) is 0 Å². The van der Waals surface area contributed by atoms with Crippen LogP contribution in [0.5, 0.6) is 0 Å². The van der Waals surface area contributed by atoms with Crippen LogP contribution in [0.1, 0.15) is 40.5 Å². The summed E-state index contributed by atoms with van der Waals surface area (Å²) in [5.74, 6) is 0.596. The standard InChI is InChI=1S/C10H23NO2S/c1-5-9(8-11)6-7-14(12,13)10(2,3)4/h9H,5-8,11H2,1-4H3. The summed E-state index contributed by atoms with van der Waals surface area (Å²) in [6, 6.07) is 0. The Morgan fingerprint density at radius 2 is 1.79 bits per heavy atom. The lowest BCUT2D eigenvalue weighted by molar-refractivity contribution is 0.493. The number of rotatable bonds is 5. The van der Waals surface area contributed by atoms with E-state index in [2.05, 4.69) is 0 Å². The number of sulfone groups is 1. The van der Waals surface area contributed by atoms with E-state index in [4.69, 9.17) is 5.73 Å². The normalized spacial score (nSPS) is 15.5. The lowest BCUT2D eigenvalue weighted by atomic mass is 10.0. The first-order chi connectivity index (χ1) is 6.24. The first-order valence-electron chi connectivity index (χ1n) is 5.17. The minimum atomic E-state index is -2.97. The van der Waals surface area contributed by atoms with Gasteiger partial charge < -0.3 is 5.73 Å². The average molecular weight is 221 g/mol. The van der Waals surface area contributed by atoms with Gasteiger partial charge in [-0.05, 0) is 39.7 Å². The summed E-state index contributed by atoms with van der Waals surface area (Å²) in [4.78, 5) is 0. The molecule has 3 nitrogen and oxygen atoms in total. The third-order valence-electron chi connectivity index (χ3n) is 2.64. The molecule has 0 aliphatic heterocycles. The van der Waals surface area contributed by atoms with Gasteiger partial charge in [-0.2, -0.15) is 0 Å². The molecule has 0 aliphatic carbocycles. The van der Waals surface area contributed by atoms with Crippen LogP contribution in [0.15, 0.2) is 0 Å². The zero-order valence-electron chi connectivity index (χ0n) is 9.71. The fraction of sp³-hybridized carbons (Fsp3) is 1.00. The highest BCUT2D eigenvalue weighted by Crippen LogP contribution is 2.19. The average Bonchev–Trinajstić information content (AvgIpc) is 2.04. The van der Waals surface area contributed by atoms with Crippen LogP contribution in [0.4, 0.5) is 0 Å². The second-order valence-corrected chi connectivity index (χ2v) is 7.59. The lowest BCUT2D eigenvalue weighted by Gasteiger charge is -2.20. The van der Waals surface area contributed by atoms with Crippen LogP contribution in [0.25, 0.3) is 0 Å². The highest BCUT2D eigenvalue weighted by Gasteiger charge is 2.28. The van der Waals surface area contributed by atoms with Crippen molar-refractivity contribution in [1.82, 2.24) is 0 Å². The van der Waals surface area contributed by atoms with Gasteiger partial charge in [-0.3, -0.25) is 0 Å². The highest BCUT2D eigenvalue weighted by molar-refractivity contribution is 7.92. The molecule has 0 aliphatic rings. The Morgan fingerprint density at radius 1 is 1.29 bits per heavy atom. The Morgan fingerprint density at radius 3 is 2.07 bits per heavy atom. The second-order valence-electron chi connectivity index (χ2n) is 4.73. The molecule has 0 saturated heterocycles. The largest absolute Gasteiger partial charge is 0.330 e. The lowest BCUT2D eigenvalue weighted by Crippen LogP contribution is -2.31. The Kier molecular flexibility index (Phi) is 5.09. The zero-order chi connectivity index (χ0) is 11.4. The summed E-state index contributed by atoms with van der Waals surface area (Å²) in [7, 11) is -2.97. The third-order valence-corrected chi connectivity index (χ3v) is 5.28. The van der Waals surface area contributed by atoms with E-state index in [-0.39, 0.29) is 5.75 Å². The molecule has 0 saturated carbocycles. The minimum Gasteiger partial charge on any atom is -0.330 e. The van der Waals surface area contributed by atoms with Gasteiger partial charge in [-0.25, -0.2) is 8.42 Å². The molecule has 86 valence electrons. The monoisotopic (exact) mass is 221 g/mol. The molecule has 1 atom stereocenters. The molecule has 0 bridgehead atoms. The van der Waals surface area contributed by atoms with E-state index in [0.717, 1.165) is 6.42 Å². The molecular weight excluding hydrogens is 198 g/mol. The molecule has 0 radical (unpaired) electrons. The first-order valence-corrected chi connectivity index (χ1v) is 6.82. The van der Waals surface area contributed by atoms with Crippen LogP contribution in [0, 0.1) is 5.92 Å². The predicted molar refractivity (Wildman–Crippen MR) is 61.0 cm³/mol. The number of hydrogen-bond acceptors (Lipinski definition) is 3. The fourth-order valence-electron chi connectivity index (χ4n) is 1.12. The van der Waals surface area contributed by atoms with Crippen molar-refractivity contribution >= 4 is 9.84 Å². The third kappa shape index (κ3) is 3.96. The summed E-state index contributed by atoms with van der Waals surface area (Å²) >= 11 is 0. The van der Waals surface area contributed by atoms with Crippen LogP contribution in [0.2, 0.25) is 0 Å². The Bertz CT molecular complexity index is 248.